The first-order valence-electron chi connectivity index (χ1n) is 11.3. The summed E-state index contributed by atoms with van der Waals surface area (Å²) in [6, 6.07) is 35.2. The number of carbonyl (C=O) groups excluding carboxylic acids is 1. The van der Waals surface area contributed by atoms with Crippen LogP contribution in [-0.2, 0) is 17.8 Å². The predicted molar refractivity (Wildman–Crippen MR) is 136 cm³/mol. The summed E-state index contributed by atoms with van der Waals surface area (Å²) in [5, 5.41) is 6.04. The topological polar surface area (TPSA) is 59.6 Å². The first kappa shape index (κ1) is 22.9. The highest BCUT2D eigenvalue weighted by molar-refractivity contribution is 5.93. The van der Waals surface area contributed by atoms with Crippen molar-refractivity contribution in [3.05, 3.63) is 120 Å². The van der Waals surface area contributed by atoms with E-state index in [-0.39, 0.29) is 12.5 Å². The van der Waals surface area contributed by atoms with Gasteiger partial charge in [0.15, 0.2) is 0 Å². The van der Waals surface area contributed by atoms with E-state index in [1.807, 2.05) is 97.1 Å². The molecule has 0 aromatic heterocycles. The van der Waals surface area contributed by atoms with E-state index in [4.69, 9.17) is 9.47 Å². The second kappa shape index (κ2) is 12.1. The maximum absolute atomic E-state index is 12.4. The van der Waals surface area contributed by atoms with Gasteiger partial charge in [0, 0.05) is 23.9 Å². The molecule has 5 heteroatoms. The van der Waals surface area contributed by atoms with Gasteiger partial charge in [-0.05, 0) is 47.5 Å². The second-order valence-electron chi connectivity index (χ2n) is 7.81. The molecule has 5 nitrogen and oxygen atoms in total. The van der Waals surface area contributed by atoms with E-state index in [2.05, 4.69) is 22.8 Å². The summed E-state index contributed by atoms with van der Waals surface area (Å²) in [6.45, 7) is 1.25. The molecule has 0 fully saturated rings. The van der Waals surface area contributed by atoms with Crippen LogP contribution >= 0.6 is 0 Å². The zero-order chi connectivity index (χ0) is 23.4. The van der Waals surface area contributed by atoms with E-state index in [1.54, 1.807) is 0 Å². The lowest BCUT2D eigenvalue weighted by Crippen LogP contribution is -2.21. The molecule has 0 aliphatic carbocycles. The van der Waals surface area contributed by atoms with Gasteiger partial charge in [0.1, 0.15) is 18.1 Å². The Morgan fingerprint density at radius 1 is 0.647 bits per heavy atom. The van der Waals surface area contributed by atoms with Crippen molar-refractivity contribution >= 4 is 17.3 Å². The highest BCUT2D eigenvalue weighted by atomic mass is 16.5. The highest BCUT2D eigenvalue weighted by Gasteiger charge is 2.05. The molecular formula is C29H28N2O3. The summed E-state index contributed by atoms with van der Waals surface area (Å²) in [7, 11) is 0. The van der Waals surface area contributed by atoms with Crippen LogP contribution < -0.4 is 20.1 Å². The lowest BCUT2D eigenvalue weighted by molar-refractivity contribution is -0.114. The normalized spacial score (nSPS) is 10.4. The molecule has 0 unspecified atom stereocenters. The molecular weight excluding hydrogens is 424 g/mol. The minimum atomic E-state index is -0.136. The molecule has 0 heterocycles. The first-order valence-corrected chi connectivity index (χ1v) is 11.3. The highest BCUT2D eigenvalue weighted by Crippen LogP contribution is 2.19. The number of hydrogen-bond donors (Lipinski definition) is 2. The Morgan fingerprint density at radius 3 is 2.09 bits per heavy atom. The second-order valence-corrected chi connectivity index (χ2v) is 7.81. The molecule has 0 saturated carbocycles. The molecule has 4 aromatic carbocycles. The Kier molecular flexibility index (Phi) is 8.17. The quantitative estimate of drug-likeness (QED) is 0.296. The van der Waals surface area contributed by atoms with Crippen LogP contribution in [0.3, 0.4) is 0 Å². The third kappa shape index (κ3) is 7.41. The van der Waals surface area contributed by atoms with Crippen LogP contribution in [0.2, 0.25) is 0 Å². The molecule has 172 valence electrons. The molecule has 4 aromatic rings. The Labute approximate surface area is 200 Å². The van der Waals surface area contributed by atoms with Gasteiger partial charge >= 0.3 is 0 Å². The third-order valence-corrected chi connectivity index (χ3v) is 5.18. The Bertz CT molecular complexity index is 1160. The van der Waals surface area contributed by atoms with Gasteiger partial charge in [-0.1, -0.05) is 66.7 Å². The minimum Gasteiger partial charge on any atom is -0.493 e. The average Bonchev–Trinajstić information content (AvgIpc) is 2.88. The van der Waals surface area contributed by atoms with Crippen LogP contribution in [-0.4, -0.2) is 19.1 Å². The molecule has 0 saturated heterocycles. The number of amides is 1. The van der Waals surface area contributed by atoms with Crippen molar-refractivity contribution in [3.63, 3.8) is 0 Å². The molecule has 1 amide bonds. The van der Waals surface area contributed by atoms with E-state index in [0.29, 0.717) is 24.7 Å². The fraction of sp³-hybridized carbons (Fsp3) is 0.138. The number of ether oxygens (including phenoxy) is 2. The predicted octanol–water partition coefficient (Wildman–Crippen LogP) is 5.94. The molecule has 0 aliphatic heterocycles. The molecule has 0 atom stereocenters. The van der Waals surface area contributed by atoms with Gasteiger partial charge in [-0.3, -0.25) is 4.79 Å². The number of carbonyl (C=O) groups is 1. The molecule has 0 bridgehead atoms. The number of anilines is 2. The standard InChI is InChI=1S/C29H28N2O3/c32-29(31-26-12-7-13-28(20-26)34-22-24-10-5-2-6-11-24)21-30-25-14-16-27(17-15-25)33-19-18-23-8-3-1-4-9-23/h1-17,20,30H,18-19,21-22H2,(H,31,32). The summed E-state index contributed by atoms with van der Waals surface area (Å²) in [5.41, 5.74) is 3.89. The Morgan fingerprint density at radius 2 is 1.35 bits per heavy atom. The van der Waals surface area contributed by atoms with Crippen molar-refractivity contribution in [1.29, 1.82) is 0 Å². The van der Waals surface area contributed by atoms with Gasteiger partial charge in [0.2, 0.25) is 5.91 Å². The summed E-state index contributed by atoms with van der Waals surface area (Å²) in [5.74, 6) is 1.37. The molecule has 0 spiro atoms. The van der Waals surface area contributed by atoms with Crippen LogP contribution in [0, 0.1) is 0 Å². The Balaban J connectivity index is 1.19. The maximum atomic E-state index is 12.4. The van der Waals surface area contributed by atoms with Gasteiger partial charge in [-0.15, -0.1) is 0 Å². The Hall–Kier alpha value is -4.25. The van der Waals surface area contributed by atoms with E-state index >= 15 is 0 Å². The molecule has 4 rings (SSSR count). The summed E-state index contributed by atoms with van der Waals surface area (Å²) >= 11 is 0. The van der Waals surface area contributed by atoms with Gasteiger partial charge in [-0.2, -0.15) is 0 Å². The van der Waals surface area contributed by atoms with Gasteiger partial charge < -0.3 is 20.1 Å². The van der Waals surface area contributed by atoms with E-state index in [1.165, 1.54) is 5.56 Å². The molecule has 0 aliphatic rings. The summed E-state index contributed by atoms with van der Waals surface area (Å²) in [4.78, 5) is 12.4. The van der Waals surface area contributed by atoms with Crippen molar-refractivity contribution in [1.82, 2.24) is 0 Å². The summed E-state index contributed by atoms with van der Waals surface area (Å²) in [6.07, 6.45) is 0.861. The minimum absolute atomic E-state index is 0.136. The van der Waals surface area contributed by atoms with E-state index < -0.39 is 0 Å². The molecule has 2 N–H and O–H groups in total. The number of hydrogen-bond acceptors (Lipinski definition) is 4. The van der Waals surface area contributed by atoms with Crippen molar-refractivity contribution < 1.29 is 14.3 Å². The average molecular weight is 453 g/mol. The fourth-order valence-corrected chi connectivity index (χ4v) is 3.39. The van der Waals surface area contributed by atoms with Crippen molar-refractivity contribution in [2.45, 2.75) is 13.0 Å². The van der Waals surface area contributed by atoms with Crippen LogP contribution in [0.4, 0.5) is 11.4 Å². The third-order valence-electron chi connectivity index (χ3n) is 5.18. The smallest absolute Gasteiger partial charge is 0.243 e. The maximum Gasteiger partial charge on any atom is 0.243 e. The van der Waals surface area contributed by atoms with Crippen molar-refractivity contribution in [3.8, 4) is 11.5 Å². The van der Waals surface area contributed by atoms with Crippen LogP contribution in [0.1, 0.15) is 11.1 Å². The van der Waals surface area contributed by atoms with Crippen molar-refractivity contribution in [2.24, 2.45) is 0 Å². The molecule has 0 radical (unpaired) electrons. The largest absolute Gasteiger partial charge is 0.493 e. The van der Waals surface area contributed by atoms with E-state index in [9.17, 15) is 4.79 Å². The van der Waals surface area contributed by atoms with Crippen LogP contribution in [0.15, 0.2) is 109 Å². The monoisotopic (exact) mass is 452 g/mol. The lowest BCUT2D eigenvalue weighted by atomic mass is 10.2. The van der Waals surface area contributed by atoms with Gasteiger partial charge in [-0.25, -0.2) is 0 Å². The number of rotatable bonds is 11. The first-order chi connectivity index (χ1) is 16.7. The number of nitrogens with one attached hydrogen (secondary N) is 2. The summed E-state index contributed by atoms with van der Waals surface area (Å²) < 4.78 is 11.6. The van der Waals surface area contributed by atoms with Gasteiger partial charge in [0.05, 0.1) is 13.2 Å². The van der Waals surface area contributed by atoms with Crippen LogP contribution in [0.5, 0.6) is 11.5 Å². The lowest BCUT2D eigenvalue weighted by Gasteiger charge is -2.11. The van der Waals surface area contributed by atoms with Gasteiger partial charge in [0.25, 0.3) is 0 Å². The fourth-order valence-electron chi connectivity index (χ4n) is 3.39. The van der Waals surface area contributed by atoms with Crippen LogP contribution in [0.25, 0.3) is 0 Å². The zero-order valence-corrected chi connectivity index (χ0v) is 18.9. The molecule has 34 heavy (non-hydrogen) atoms. The van der Waals surface area contributed by atoms with E-state index in [0.717, 1.165) is 23.4 Å². The SMILES string of the molecule is O=C(CNc1ccc(OCCc2ccccc2)cc1)Nc1cccc(OCc2ccccc2)c1. The van der Waals surface area contributed by atoms with Crippen molar-refractivity contribution in [2.75, 3.05) is 23.8 Å². The number of benzene rings is 4. The zero-order valence-electron chi connectivity index (χ0n) is 18.9.